The Morgan fingerprint density at radius 1 is 1.08 bits per heavy atom. The molecule has 0 aliphatic heterocycles. The van der Waals surface area contributed by atoms with Gasteiger partial charge in [0, 0.05) is 19.6 Å². The van der Waals surface area contributed by atoms with Gasteiger partial charge in [-0.1, -0.05) is 24.3 Å². The van der Waals surface area contributed by atoms with E-state index in [-0.39, 0.29) is 5.91 Å². The third kappa shape index (κ3) is 3.36. The third-order valence-electron chi connectivity index (χ3n) is 4.40. The number of hydrogen-bond acceptors (Lipinski definition) is 3. The summed E-state index contributed by atoms with van der Waals surface area (Å²) in [7, 11) is 1.65. The first kappa shape index (κ1) is 17.0. The van der Waals surface area contributed by atoms with Crippen LogP contribution in [0.3, 0.4) is 0 Å². The first-order valence-corrected chi connectivity index (χ1v) is 8.55. The summed E-state index contributed by atoms with van der Waals surface area (Å²) in [5.74, 6) is 1.27. The summed E-state index contributed by atoms with van der Waals surface area (Å²) in [5, 5.41) is 0. The van der Waals surface area contributed by atoms with Crippen LogP contribution >= 0.6 is 0 Å². The Hall–Kier alpha value is -2.82. The van der Waals surface area contributed by atoms with Crippen LogP contribution < -0.4 is 4.74 Å². The van der Waals surface area contributed by atoms with Crippen LogP contribution in [0, 0.1) is 0 Å². The Morgan fingerprint density at radius 2 is 1.76 bits per heavy atom. The van der Waals surface area contributed by atoms with Crippen molar-refractivity contribution in [1.29, 1.82) is 0 Å². The normalized spacial score (nSPS) is 10.8. The van der Waals surface area contributed by atoms with Gasteiger partial charge in [-0.3, -0.25) is 4.79 Å². The molecule has 2 aromatic carbocycles. The lowest BCUT2D eigenvalue weighted by atomic mass is 10.2. The van der Waals surface area contributed by atoms with Crippen molar-refractivity contribution in [3.63, 3.8) is 0 Å². The van der Waals surface area contributed by atoms with Gasteiger partial charge in [0.15, 0.2) is 0 Å². The number of rotatable bonds is 6. The molecular weight excluding hydrogens is 314 g/mol. The lowest BCUT2D eigenvalue weighted by Gasteiger charge is -2.19. The third-order valence-corrected chi connectivity index (χ3v) is 4.40. The van der Waals surface area contributed by atoms with Crippen LogP contribution in [0.5, 0.6) is 5.75 Å². The Balaban J connectivity index is 2.04. The van der Waals surface area contributed by atoms with Crippen LogP contribution in [0.4, 0.5) is 0 Å². The first-order chi connectivity index (χ1) is 12.2. The van der Waals surface area contributed by atoms with Crippen molar-refractivity contribution in [2.45, 2.75) is 20.4 Å². The zero-order valence-corrected chi connectivity index (χ0v) is 14.9. The average Bonchev–Trinajstić information content (AvgIpc) is 3.02. The van der Waals surface area contributed by atoms with Crippen LogP contribution in [0.25, 0.3) is 11.0 Å². The van der Waals surface area contributed by atoms with E-state index < -0.39 is 0 Å². The van der Waals surface area contributed by atoms with Gasteiger partial charge in [0.25, 0.3) is 5.91 Å². The minimum atomic E-state index is -0.0327. The van der Waals surface area contributed by atoms with Crippen LogP contribution in [0.15, 0.2) is 48.5 Å². The summed E-state index contributed by atoms with van der Waals surface area (Å²) >= 11 is 0. The minimum Gasteiger partial charge on any atom is -0.497 e. The Labute approximate surface area is 147 Å². The Bertz CT molecular complexity index is 864. The summed E-state index contributed by atoms with van der Waals surface area (Å²) in [5.41, 5.74) is 2.90. The van der Waals surface area contributed by atoms with Crippen LogP contribution in [0.1, 0.15) is 30.0 Å². The molecule has 5 heteroatoms. The summed E-state index contributed by atoms with van der Waals surface area (Å²) in [6, 6.07) is 15.8. The van der Waals surface area contributed by atoms with E-state index in [2.05, 4.69) is 4.98 Å². The smallest absolute Gasteiger partial charge is 0.289 e. The maximum atomic E-state index is 12.9. The molecule has 3 aromatic rings. The molecule has 1 heterocycles. The topological polar surface area (TPSA) is 47.4 Å². The molecule has 3 rings (SSSR count). The summed E-state index contributed by atoms with van der Waals surface area (Å²) in [6.45, 7) is 5.89. The molecule has 0 fully saturated rings. The van der Waals surface area contributed by atoms with Gasteiger partial charge in [0.2, 0.25) is 5.82 Å². The zero-order chi connectivity index (χ0) is 17.8. The molecule has 0 unspecified atom stereocenters. The van der Waals surface area contributed by atoms with Crippen molar-refractivity contribution < 1.29 is 9.53 Å². The molecule has 0 saturated heterocycles. The second-order valence-electron chi connectivity index (χ2n) is 5.84. The molecule has 25 heavy (non-hydrogen) atoms. The van der Waals surface area contributed by atoms with Gasteiger partial charge >= 0.3 is 0 Å². The fourth-order valence-electron chi connectivity index (χ4n) is 2.96. The predicted molar refractivity (Wildman–Crippen MR) is 99.1 cm³/mol. The first-order valence-electron chi connectivity index (χ1n) is 8.55. The number of carbonyl (C=O) groups is 1. The van der Waals surface area contributed by atoms with E-state index in [1.807, 2.05) is 66.9 Å². The highest BCUT2D eigenvalue weighted by Gasteiger charge is 2.21. The number of fused-ring (bicyclic) bond motifs is 1. The number of hydrogen-bond donors (Lipinski definition) is 0. The van der Waals surface area contributed by atoms with Crippen LogP contribution in [0.2, 0.25) is 0 Å². The number of aromatic nitrogens is 2. The average molecular weight is 337 g/mol. The van der Waals surface area contributed by atoms with E-state index in [1.165, 1.54) is 0 Å². The predicted octanol–water partition coefficient (Wildman–Crippen LogP) is 3.58. The molecule has 0 spiro atoms. The number of benzene rings is 2. The highest BCUT2D eigenvalue weighted by atomic mass is 16.5. The van der Waals surface area contributed by atoms with E-state index in [1.54, 1.807) is 12.0 Å². The van der Waals surface area contributed by atoms with Crippen molar-refractivity contribution >= 4 is 16.9 Å². The van der Waals surface area contributed by atoms with Crippen molar-refractivity contribution in [2.24, 2.45) is 0 Å². The number of nitrogens with zero attached hydrogens (tertiary/aromatic N) is 3. The Morgan fingerprint density at radius 3 is 2.40 bits per heavy atom. The van der Waals surface area contributed by atoms with E-state index >= 15 is 0 Å². The molecule has 0 bridgehead atoms. The van der Waals surface area contributed by atoms with Crippen molar-refractivity contribution in [3.05, 3.63) is 59.9 Å². The number of para-hydroxylation sites is 2. The summed E-state index contributed by atoms with van der Waals surface area (Å²) < 4.78 is 7.22. The maximum absolute atomic E-state index is 12.9. The second-order valence-corrected chi connectivity index (χ2v) is 5.84. The molecule has 0 aliphatic rings. The lowest BCUT2D eigenvalue weighted by Crippen LogP contribution is -2.32. The van der Waals surface area contributed by atoms with Gasteiger partial charge in [-0.05, 0) is 43.7 Å². The Kier molecular flexibility index (Phi) is 5.03. The fraction of sp³-hybridized carbons (Fsp3) is 0.300. The summed E-state index contributed by atoms with van der Waals surface area (Å²) in [6.07, 6.45) is 0. The standard InChI is InChI=1S/C20H23N3O2/c1-4-22(5-2)20(24)19-21-17-8-6-7-9-18(17)23(19)14-15-10-12-16(25-3)13-11-15/h6-13H,4-5,14H2,1-3H3. The van der Waals surface area contributed by atoms with Gasteiger partial charge < -0.3 is 14.2 Å². The van der Waals surface area contributed by atoms with E-state index in [0.29, 0.717) is 25.5 Å². The van der Waals surface area contributed by atoms with Crippen molar-refractivity contribution in [1.82, 2.24) is 14.5 Å². The molecule has 0 aliphatic carbocycles. The maximum Gasteiger partial charge on any atom is 0.289 e. The van der Waals surface area contributed by atoms with Gasteiger partial charge in [-0.25, -0.2) is 4.98 Å². The quantitative estimate of drug-likeness (QED) is 0.691. The van der Waals surface area contributed by atoms with Gasteiger partial charge in [0.05, 0.1) is 18.1 Å². The van der Waals surface area contributed by atoms with Gasteiger partial charge in [-0.15, -0.1) is 0 Å². The monoisotopic (exact) mass is 337 g/mol. The largest absolute Gasteiger partial charge is 0.497 e. The van der Waals surface area contributed by atoms with Gasteiger partial charge in [0.1, 0.15) is 5.75 Å². The van der Waals surface area contributed by atoms with E-state index in [9.17, 15) is 4.79 Å². The summed E-state index contributed by atoms with van der Waals surface area (Å²) in [4.78, 5) is 19.3. The highest BCUT2D eigenvalue weighted by molar-refractivity contribution is 5.95. The number of amides is 1. The lowest BCUT2D eigenvalue weighted by molar-refractivity contribution is 0.0757. The molecule has 130 valence electrons. The molecule has 1 amide bonds. The van der Waals surface area contributed by atoms with Crippen molar-refractivity contribution in [2.75, 3.05) is 20.2 Å². The molecule has 0 radical (unpaired) electrons. The minimum absolute atomic E-state index is 0.0327. The number of imidazole rings is 1. The number of methoxy groups -OCH3 is 1. The van der Waals surface area contributed by atoms with Crippen LogP contribution in [-0.4, -0.2) is 40.6 Å². The zero-order valence-electron chi connectivity index (χ0n) is 14.9. The molecular formula is C20H23N3O2. The van der Waals surface area contributed by atoms with E-state index in [0.717, 1.165) is 22.3 Å². The number of carbonyl (C=O) groups excluding carboxylic acids is 1. The molecule has 0 N–H and O–H groups in total. The van der Waals surface area contributed by atoms with Crippen LogP contribution in [-0.2, 0) is 6.54 Å². The molecule has 1 aromatic heterocycles. The van der Waals surface area contributed by atoms with E-state index in [4.69, 9.17) is 4.74 Å². The molecule has 5 nitrogen and oxygen atoms in total. The van der Waals surface area contributed by atoms with Crippen molar-refractivity contribution in [3.8, 4) is 5.75 Å². The fourth-order valence-corrected chi connectivity index (χ4v) is 2.96. The molecule has 0 atom stereocenters. The second kappa shape index (κ2) is 7.38. The SMILES string of the molecule is CCN(CC)C(=O)c1nc2ccccc2n1Cc1ccc(OC)cc1. The highest BCUT2D eigenvalue weighted by Crippen LogP contribution is 2.20. The number of ether oxygens (including phenoxy) is 1. The molecule has 0 saturated carbocycles. The van der Waals surface area contributed by atoms with Gasteiger partial charge in [-0.2, -0.15) is 0 Å².